The van der Waals surface area contributed by atoms with E-state index in [1.54, 1.807) is 13.2 Å². The van der Waals surface area contributed by atoms with Gasteiger partial charge >= 0.3 is 0 Å². The molecule has 180 valence electrons. The van der Waals surface area contributed by atoms with Crippen LogP contribution in [0.25, 0.3) is 10.9 Å². The van der Waals surface area contributed by atoms with Crippen LogP contribution in [0.2, 0.25) is 0 Å². The fourth-order valence-electron chi connectivity index (χ4n) is 4.38. The summed E-state index contributed by atoms with van der Waals surface area (Å²) >= 11 is 3.43. The molecule has 2 aliphatic rings. The number of nitrogens with one attached hydrogen (secondary N) is 4. The molecule has 1 saturated heterocycles. The number of nitriles is 1. The van der Waals surface area contributed by atoms with Crippen LogP contribution < -0.4 is 20.7 Å². The molecular formula is C24H28BrN5O4. The molecule has 10 heteroatoms. The molecule has 4 N–H and O–H groups in total. The zero-order valence-corrected chi connectivity index (χ0v) is 20.5. The minimum absolute atomic E-state index is 0.0792. The van der Waals surface area contributed by atoms with Gasteiger partial charge in [0.25, 0.3) is 5.91 Å². The predicted octanol–water partition coefficient (Wildman–Crippen LogP) is 2.76. The van der Waals surface area contributed by atoms with Gasteiger partial charge in [-0.2, -0.15) is 5.26 Å². The fourth-order valence-corrected chi connectivity index (χ4v) is 4.81. The monoisotopic (exact) mass is 529 g/mol. The van der Waals surface area contributed by atoms with Crippen LogP contribution in [0.5, 0.6) is 5.75 Å². The number of fused-ring (bicyclic) bond motifs is 1. The third-order valence-corrected chi connectivity index (χ3v) is 6.87. The van der Waals surface area contributed by atoms with Crippen LogP contribution in [0, 0.1) is 23.2 Å². The Morgan fingerprint density at radius 3 is 2.71 bits per heavy atom. The number of aromatic amines is 1. The number of carbonyl (C=O) groups excluding carboxylic acids is 3. The summed E-state index contributed by atoms with van der Waals surface area (Å²) in [5, 5.41) is 18.7. The number of aromatic nitrogens is 1. The van der Waals surface area contributed by atoms with Gasteiger partial charge in [-0.25, -0.2) is 0 Å². The maximum atomic E-state index is 13.1. The zero-order chi connectivity index (χ0) is 24.2. The number of nitrogens with zero attached hydrogens (tertiary/aromatic N) is 1. The first-order valence-electron chi connectivity index (χ1n) is 11.5. The molecule has 2 heterocycles. The van der Waals surface area contributed by atoms with E-state index in [9.17, 15) is 19.6 Å². The van der Waals surface area contributed by atoms with Gasteiger partial charge in [0.15, 0.2) is 0 Å². The number of hydrogen-bond donors (Lipinski definition) is 4. The van der Waals surface area contributed by atoms with Gasteiger partial charge in [-0.15, -0.1) is 0 Å². The van der Waals surface area contributed by atoms with Crippen molar-refractivity contribution in [2.24, 2.45) is 11.8 Å². The van der Waals surface area contributed by atoms with E-state index in [0.717, 1.165) is 34.6 Å². The highest BCUT2D eigenvalue weighted by Gasteiger charge is 2.33. The topological polar surface area (TPSA) is 136 Å². The minimum Gasteiger partial charge on any atom is -0.496 e. The van der Waals surface area contributed by atoms with E-state index < -0.39 is 23.9 Å². The van der Waals surface area contributed by atoms with Gasteiger partial charge in [0.1, 0.15) is 23.5 Å². The van der Waals surface area contributed by atoms with Crippen molar-refractivity contribution < 1.29 is 19.1 Å². The van der Waals surface area contributed by atoms with Gasteiger partial charge in [-0.05, 0) is 49.8 Å². The number of H-pyrrole nitrogens is 1. The van der Waals surface area contributed by atoms with Crippen molar-refractivity contribution >= 4 is 44.6 Å². The smallest absolute Gasteiger partial charge is 0.268 e. The largest absolute Gasteiger partial charge is 0.496 e. The Bertz CT molecular complexity index is 1140. The highest BCUT2D eigenvalue weighted by Crippen LogP contribution is 2.34. The number of carbonyl (C=O) groups is 3. The summed E-state index contributed by atoms with van der Waals surface area (Å²) in [7, 11) is 1.56. The van der Waals surface area contributed by atoms with Crippen molar-refractivity contribution in [2.75, 3.05) is 13.7 Å². The molecule has 1 saturated carbocycles. The van der Waals surface area contributed by atoms with E-state index >= 15 is 0 Å². The molecule has 34 heavy (non-hydrogen) atoms. The number of hydrogen-bond acceptors (Lipinski definition) is 5. The molecule has 1 aromatic heterocycles. The number of piperidine rings is 1. The summed E-state index contributed by atoms with van der Waals surface area (Å²) in [5.74, 6) is -0.190. The minimum atomic E-state index is -0.797. The summed E-state index contributed by atoms with van der Waals surface area (Å²) < 4.78 is 6.21. The molecular weight excluding hydrogens is 502 g/mol. The Morgan fingerprint density at radius 1 is 1.24 bits per heavy atom. The van der Waals surface area contributed by atoms with Crippen molar-refractivity contribution in [1.29, 1.82) is 5.26 Å². The standard InChI is InChI=1S/C24H28BrN5O4/c1-34-21-10-15(25)9-18-17(21)11-20(29-18)24(33)30-19(7-13-4-5-13)23(32)28-16(12-26)8-14-3-2-6-27-22(14)31/h9-11,13-14,16,19,29H,2-8H2,1H3,(H,27,31)(H,28,32)(H,30,33)/t14-,16-,19-/m0/s1. The average molecular weight is 530 g/mol. The van der Waals surface area contributed by atoms with Gasteiger partial charge in [0.05, 0.1) is 18.7 Å². The van der Waals surface area contributed by atoms with E-state index in [1.807, 2.05) is 12.1 Å². The van der Waals surface area contributed by atoms with Gasteiger partial charge < -0.3 is 25.7 Å². The maximum absolute atomic E-state index is 13.1. The molecule has 1 aromatic carbocycles. The van der Waals surface area contributed by atoms with E-state index in [1.165, 1.54) is 0 Å². The van der Waals surface area contributed by atoms with E-state index in [0.29, 0.717) is 36.7 Å². The Balaban J connectivity index is 1.45. The SMILES string of the molecule is COc1cc(Br)cc2[nH]c(C(=O)N[C@@H](CC3CC3)C(=O)N[C@H](C#N)C[C@@H]3CCCNC3=O)cc12. The Kier molecular flexibility index (Phi) is 7.41. The Hall–Kier alpha value is -3.06. The Labute approximate surface area is 206 Å². The van der Waals surface area contributed by atoms with Gasteiger partial charge in [-0.1, -0.05) is 28.8 Å². The summed E-state index contributed by atoms with van der Waals surface area (Å²) in [6.07, 6.45) is 4.35. The molecule has 0 unspecified atom stereocenters. The lowest BCUT2D eigenvalue weighted by Crippen LogP contribution is -2.50. The lowest BCUT2D eigenvalue weighted by Gasteiger charge is -2.25. The lowest BCUT2D eigenvalue weighted by atomic mass is 9.92. The lowest BCUT2D eigenvalue weighted by molar-refractivity contribution is -0.128. The van der Waals surface area contributed by atoms with Crippen molar-refractivity contribution in [3.63, 3.8) is 0 Å². The highest BCUT2D eigenvalue weighted by molar-refractivity contribution is 9.10. The van der Waals surface area contributed by atoms with Crippen LogP contribution in [-0.2, 0) is 9.59 Å². The van der Waals surface area contributed by atoms with Crippen molar-refractivity contribution in [1.82, 2.24) is 20.9 Å². The summed E-state index contributed by atoms with van der Waals surface area (Å²) in [6, 6.07) is 5.89. The second-order valence-corrected chi connectivity index (χ2v) is 9.93. The number of methoxy groups -OCH3 is 1. The first kappa shape index (κ1) is 24.1. The van der Waals surface area contributed by atoms with E-state index in [-0.39, 0.29) is 18.2 Å². The van der Waals surface area contributed by atoms with Gasteiger partial charge in [-0.3, -0.25) is 14.4 Å². The molecule has 0 radical (unpaired) electrons. The molecule has 3 atom stereocenters. The normalized spacial score (nSPS) is 19.6. The van der Waals surface area contributed by atoms with Crippen LogP contribution in [0.1, 0.15) is 49.0 Å². The number of benzene rings is 1. The van der Waals surface area contributed by atoms with Crippen LogP contribution in [0.3, 0.4) is 0 Å². The van der Waals surface area contributed by atoms with Crippen molar-refractivity contribution in [2.45, 2.75) is 50.6 Å². The molecule has 4 rings (SSSR count). The molecule has 2 fully saturated rings. The molecule has 1 aliphatic heterocycles. The molecule has 0 spiro atoms. The molecule has 3 amide bonds. The van der Waals surface area contributed by atoms with E-state index in [4.69, 9.17) is 4.74 Å². The van der Waals surface area contributed by atoms with Crippen LogP contribution in [-0.4, -0.2) is 48.4 Å². The Morgan fingerprint density at radius 2 is 2.03 bits per heavy atom. The first-order valence-corrected chi connectivity index (χ1v) is 12.3. The third-order valence-electron chi connectivity index (χ3n) is 6.41. The maximum Gasteiger partial charge on any atom is 0.268 e. The van der Waals surface area contributed by atoms with Crippen LogP contribution in [0.15, 0.2) is 22.7 Å². The van der Waals surface area contributed by atoms with Gasteiger partial charge in [0.2, 0.25) is 11.8 Å². The highest BCUT2D eigenvalue weighted by atomic mass is 79.9. The summed E-state index contributed by atoms with van der Waals surface area (Å²) in [5.41, 5.74) is 1.05. The molecule has 1 aliphatic carbocycles. The first-order chi connectivity index (χ1) is 16.4. The van der Waals surface area contributed by atoms with Crippen molar-refractivity contribution in [3.8, 4) is 11.8 Å². The second kappa shape index (κ2) is 10.5. The molecule has 9 nitrogen and oxygen atoms in total. The third kappa shape index (κ3) is 5.70. The van der Waals surface area contributed by atoms with Crippen molar-refractivity contribution in [3.05, 3.63) is 28.4 Å². The molecule has 2 aromatic rings. The number of halogens is 1. The van der Waals surface area contributed by atoms with E-state index in [2.05, 4.69) is 42.9 Å². The molecule has 0 bridgehead atoms. The van der Waals surface area contributed by atoms with Gasteiger partial charge in [0, 0.05) is 22.3 Å². The number of ether oxygens (including phenoxy) is 1. The fraction of sp³-hybridized carbons (Fsp3) is 0.500. The number of amides is 3. The van der Waals surface area contributed by atoms with Crippen LogP contribution in [0.4, 0.5) is 0 Å². The average Bonchev–Trinajstić information content (AvgIpc) is 3.54. The predicted molar refractivity (Wildman–Crippen MR) is 129 cm³/mol. The summed E-state index contributed by atoms with van der Waals surface area (Å²) in [4.78, 5) is 41.2. The quantitative estimate of drug-likeness (QED) is 0.395. The zero-order valence-electron chi connectivity index (χ0n) is 18.9. The number of rotatable bonds is 9. The summed E-state index contributed by atoms with van der Waals surface area (Å²) in [6.45, 7) is 0.644. The second-order valence-electron chi connectivity index (χ2n) is 9.01. The van der Waals surface area contributed by atoms with Crippen LogP contribution >= 0.6 is 15.9 Å².